The van der Waals surface area contributed by atoms with Crippen molar-refractivity contribution in [1.82, 2.24) is 0 Å². The predicted octanol–water partition coefficient (Wildman–Crippen LogP) is 0.966. The van der Waals surface area contributed by atoms with Crippen LogP contribution in [0.5, 0.6) is 0 Å². The number of aromatic carboxylic acids is 2. The van der Waals surface area contributed by atoms with Gasteiger partial charge in [-0.05, 0) is 42.9 Å². The molecular formula is C18H26O8. The van der Waals surface area contributed by atoms with Crippen LogP contribution in [0.2, 0.25) is 0 Å². The maximum atomic E-state index is 11.5. The number of carbonyl (C=O) groups is 2. The Morgan fingerprint density at radius 2 is 1.15 bits per heavy atom. The number of ether oxygens (including phenoxy) is 2. The second-order valence-corrected chi connectivity index (χ2v) is 5.66. The standard InChI is InChI=1S/C18H26O8/c19-5-1-7-25-9-3-13-11-14(4-10-26-8-2-6-20)16(18(23)24)12-15(13)17(21)22/h11-12,19-20H,1-10H2,(H,21,22)(H,23,24). The van der Waals surface area contributed by atoms with E-state index in [2.05, 4.69) is 0 Å². The Morgan fingerprint density at radius 1 is 0.731 bits per heavy atom. The fourth-order valence-electron chi connectivity index (χ4n) is 2.41. The molecule has 0 radical (unpaired) electrons. The first-order valence-electron chi connectivity index (χ1n) is 8.50. The SMILES string of the molecule is O=C(O)c1cc(C(=O)O)c(CCOCCCO)cc1CCOCCCO. The highest BCUT2D eigenvalue weighted by Crippen LogP contribution is 2.20. The summed E-state index contributed by atoms with van der Waals surface area (Å²) in [6.45, 7) is 1.34. The van der Waals surface area contributed by atoms with Crippen molar-refractivity contribution in [2.45, 2.75) is 25.7 Å². The van der Waals surface area contributed by atoms with E-state index in [1.54, 1.807) is 6.07 Å². The molecule has 0 aliphatic rings. The van der Waals surface area contributed by atoms with E-state index in [9.17, 15) is 19.8 Å². The Hall–Kier alpha value is -2.00. The van der Waals surface area contributed by atoms with Crippen molar-refractivity contribution in [2.24, 2.45) is 0 Å². The molecule has 1 aromatic carbocycles. The molecule has 1 rings (SSSR count). The number of carboxylic acid groups (broad SMARTS) is 2. The minimum absolute atomic E-state index is 0.0219. The van der Waals surface area contributed by atoms with Gasteiger partial charge in [0.1, 0.15) is 0 Å². The van der Waals surface area contributed by atoms with Gasteiger partial charge in [0.15, 0.2) is 0 Å². The molecule has 8 nitrogen and oxygen atoms in total. The minimum Gasteiger partial charge on any atom is -0.478 e. The van der Waals surface area contributed by atoms with Gasteiger partial charge in [-0.1, -0.05) is 6.07 Å². The molecule has 0 unspecified atom stereocenters. The lowest BCUT2D eigenvalue weighted by Gasteiger charge is -2.13. The van der Waals surface area contributed by atoms with Crippen LogP contribution in [-0.2, 0) is 22.3 Å². The summed E-state index contributed by atoms with van der Waals surface area (Å²) in [7, 11) is 0. The second-order valence-electron chi connectivity index (χ2n) is 5.66. The van der Waals surface area contributed by atoms with Gasteiger partial charge in [-0.15, -0.1) is 0 Å². The number of aliphatic hydroxyl groups is 2. The van der Waals surface area contributed by atoms with Crippen molar-refractivity contribution in [3.8, 4) is 0 Å². The van der Waals surface area contributed by atoms with Crippen molar-refractivity contribution < 1.29 is 39.5 Å². The van der Waals surface area contributed by atoms with Gasteiger partial charge in [-0.3, -0.25) is 0 Å². The van der Waals surface area contributed by atoms with Gasteiger partial charge in [0.25, 0.3) is 0 Å². The van der Waals surface area contributed by atoms with E-state index in [1.807, 2.05) is 0 Å². The number of aliphatic hydroxyl groups excluding tert-OH is 2. The van der Waals surface area contributed by atoms with E-state index < -0.39 is 11.9 Å². The molecule has 0 bridgehead atoms. The maximum Gasteiger partial charge on any atom is 0.335 e. The van der Waals surface area contributed by atoms with Gasteiger partial charge in [0.05, 0.1) is 24.3 Å². The van der Waals surface area contributed by atoms with Gasteiger partial charge in [0.2, 0.25) is 0 Å². The van der Waals surface area contributed by atoms with Crippen molar-refractivity contribution in [2.75, 3.05) is 39.6 Å². The molecule has 146 valence electrons. The van der Waals surface area contributed by atoms with E-state index in [4.69, 9.17) is 19.7 Å². The smallest absolute Gasteiger partial charge is 0.335 e. The van der Waals surface area contributed by atoms with E-state index >= 15 is 0 Å². The molecule has 0 saturated carbocycles. The van der Waals surface area contributed by atoms with Crippen molar-refractivity contribution >= 4 is 11.9 Å². The van der Waals surface area contributed by atoms with Crippen LogP contribution in [0.25, 0.3) is 0 Å². The Morgan fingerprint density at radius 3 is 1.50 bits per heavy atom. The fourth-order valence-corrected chi connectivity index (χ4v) is 2.41. The molecule has 0 fully saturated rings. The number of carboxylic acids is 2. The first kappa shape index (κ1) is 22.0. The zero-order valence-electron chi connectivity index (χ0n) is 14.6. The monoisotopic (exact) mass is 370 g/mol. The van der Waals surface area contributed by atoms with Crippen LogP contribution in [0.4, 0.5) is 0 Å². The number of hydrogen-bond acceptors (Lipinski definition) is 6. The molecule has 0 aliphatic carbocycles. The van der Waals surface area contributed by atoms with Crippen LogP contribution in [0.1, 0.15) is 44.7 Å². The summed E-state index contributed by atoms with van der Waals surface area (Å²) in [5.41, 5.74) is 0.880. The van der Waals surface area contributed by atoms with Gasteiger partial charge in [-0.25, -0.2) is 9.59 Å². The molecular weight excluding hydrogens is 344 g/mol. The van der Waals surface area contributed by atoms with Crippen LogP contribution in [0.3, 0.4) is 0 Å². The van der Waals surface area contributed by atoms with Gasteiger partial charge in [0, 0.05) is 26.4 Å². The maximum absolute atomic E-state index is 11.5. The van der Waals surface area contributed by atoms with Crippen molar-refractivity contribution in [3.05, 3.63) is 34.4 Å². The van der Waals surface area contributed by atoms with Crippen LogP contribution in [0.15, 0.2) is 12.1 Å². The van der Waals surface area contributed by atoms with E-state index in [-0.39, 0.29) is 37.6 Å². The lowest BCUT2D eigenvalue weighted by molar-refractivity contribution is 0.0694. The van der Waals surface area contributed by atoms with Gasteiger partial charge < -0.3 is 29.9 Å². The van der Waals surface area contributed by atoms with Crippen LogP contribution < -0.4 is 0 Å². The Bertz CT molecular complexity index is 538. The highest BCUT2D eigenvalue weighted by molar-refractivity contribution is 5.96. The Labute approximate surface area is 152 Å². The summed E-state index contributed by atoms with van der Waals surface area (Å²) in [5, 5.41) is 36.2. The molecule has 0 spiro atoms. The quantitative estimate of drug-likeness (QED) is 0.356. The zero-order valence-corrected chi connectivity index (χ0v) is 14.6. The van der Waals surface area contributed by atoms with Gasteiger partial charge >= 0.3 is 11.9 Å². The fraction of sp³-hybridized carbons (Fsp3) is 0.556. The van der Waals surface area contributed by atoms with Gasteiger partial charge in [-0.2, -0.15) is 0 Å². The first-order valence-corrected chi connectivity index (χ1v) is 8.50. The lowest BCUT2D eigenvalue weighted by Crippen LogP contribution is -2.13. The highest BCUT2D eigenvalue weighted by atomic mass is 16.5. The third-order valence-electron chi connectivity index (χ3n) is 3.71. The minimum atomic E-state index is -1.19. The van der Waals surface area contributed by atoms with E-state index in [0.29, 0.717) is 50.0 Å². The summed E-state index contributed by atoms with van der Waals surface area (Å²) in [6.07, 6.45) is 1.65. The van der Waals surface area contributed by atoms with Crippen molar-refractivity contribution in [1.29, 1.82) is 0 Å². The van der Waals surface area contributed by atoms with E-state index in [0.717, 1.165) is 0 Å². The normalized spacial score (nSPS) is 10.8. The molecule has 0 aliphatic heterocycles. The molecule has 0 heterocycles. The average molecular weight is 370 g/mol. The zero-order chi connectivity index (χ0) is 19.4. The van der Waals surface area contributed by atoms with Crippen LogP contribution in [0, 0.1) is 0 Å². The Balaban J connectivity index is 2.89. The third-order valence-corrected chi connectivity index (χ3v) is 3.71. The summed E-state index contributed by atoms with van der Waals surface area (Å²) in [4.78, 5) is 22.9. The molecule has 0 aromatic heterocycles. The van der Waals surface area contributed by atoms with Crippen LogP contribution in [-0.4, -0.2) is 72.0 Å². The molecule has 1 aromatic rings. The largest absolute Gasteiger partial charge is 0.478 e. The Kier molecular flexibility index (Phi) is 10.5. The number of benzene rings is 1. The summed E-state index contributed by atoms with van der Waals surface area (Å²) < 4.78 is 10.7. The molecule has 0 saturated heterocycles. The average Bonchev–Trinajstić information content (AvgIpc) is 2.60. The lowest BCUT2D eigenvalue weighted by atomic mass is 9.95. The highest BCUT2D eigenvalue weighted by Gasteiger charge is 2.18. The molecule has 0 amide bonds. The number of hydrogen-bond donors (Lipinski definition) is 4. The van der Waals surface area contributed by atoms with E-state index in [1.165, 1.54) is 6.07 Å². The summed E-state index contributed by atoms with van der Waals surface area (Å²) >= 11 is 0. The summed E-state index contributed by atoms with van der Waals surface area (Å²) in [5.74, 6) is -2.38. The first-order chi connectivity index (χ1) is 12.5. The molecule has 4 N–H and O–H groups in total. The number of rotatable bonds is 14. The topological polar surface area (TPSA) is 134 Å². The third kappa shape index (κ3) is 7.49. The predicted molar refractivity (Wildman–Crippen MR) is 92.8 cm³/mol. The molecule has 26 heavy (non-hydrogen) atoms. The molecule has 8 heteroatoms. The summed E-state index contributed by atoms with van der Waals surface area (Å²) in [6, 6.07) is 2.76. The second kappa shape index (κ2) is 12.4. The molecule has 0 atom stereocenters. The van der Waals surface area contributed by atoms with Crippen molar-refractivity contribution in [3.63, 3.8) is 0 Å². The van der Waals surface area contributed by atoms with Crippen LogP contribution >= 0.6 is 0 Å².